The van der Waals surface area contributed by atoms with Gasteiger partial charge in [0.05, 0.1) is 12.2 Å². The molecule has 6 heteroatoms. The number of likely N-dealkylation sites (tertiary alicyclic amines) is 1. The molecule has 0 aliphatic carbocycles. The molecule has 2 heterocycles. The van der Waals surface area contributed by atoms with Gasteiger partial charge >= 0.3 is 5.97 Å². The standard InChI is InChI=1S/C18H22FN3O2/c1-12(13-4-3-5-14(19)6-13)8-22-9-15(16(10-22)18(23)24)17-7-20-11-21(17)2/h3-7,11-12,15-16H,8-10H2,1-2H3,(H,23,24)/t12?,15-,16-/m0/s1. The Labute approximate surface area is 140 Å². The van der Waals surface area contributed by atoms with Crippen molar-refractivity contribution < 1.29 is 14.3 Å². The van der Waals surface area contributed by atoms with Crippen molar-refractivity contribution in [3.63, 3.8) is 0 Å². The van der Waals surface area contributed by atoms with Crippen LogP contribution in [0.15, 0.2) is 36.8 Å². The summed E-state index contributed by atoms with van der Waals surface area (Å²) in [5.41, 5.74) is 1.88. The first-order valence-corrected chi connectivity index (χ1v) is 8.12. The first-order valence-electron chi connectivity index (χ1n) is 8.12. The van der Waals surface area contributed by atoms with Gasteiger partial charge in [0.25, 0.3) is 0 Å². The van der Waals surface area contributed by atoms with Crippen molar-refractivity contribution in [3.05, 3.63) is 53.9 Å². The fourth-order valence-corrected chi connectivity index (χ4v) is 3.61. The number of nitrogens with zero attached hydrogens (tertiary/aromatic N) is 3. The number of benzene rings is 1. The number of hydrogen-bond acceptors (Lipinski definition) is 3. The number of carbonyl (C=O) groups is 1. The van der Waals surface area contributed by atoms with Gasteiger partial charge in [-0.1, -0.05) is 19.1 Å². The maximum atomic E-state index is 13.4. The second-order valence-corrected chi connectivity index (χ2v) is 6.66. The molecule has 1 unspecified atom stereocenters. The van der Waals surface area contributed by atoms with E-state index in [9.17, 15) is 14.3 Å². The summed E-state index contributed by atoms with van der Waals surface area (Å²) < 4.78 is 15.3. The summed E-state index contributed by atoms with van der Waals surface area (Å²) in [6.45, 7) is 3.94. The van der Waals surface area contributed by atoms with Gasteiger partial charge in [0, 0.05) is 44.5 Å². The van der Waals surface area contributed by atoms with E-state index in [0.717, 1.165) is 11.3 Å². The minimum absolute atomic E-state index is 0.0743. The third-order valence-corrected chi connectivity index (χ3v) is 4.90. The molecule has 24 heavy (non-hydrogen) atoms. The molecule has 1 N–H and O–H groups in total. The highest BCUT2D eigenvalue weighted by Crippen LogP contribution is 2.33. The highest BCUT2D eigenvalue weighted by Gasteiger charge is 2.40. The van der Waals surface area contributed by atoms with Crippen LogP contribution in [0.3, 0.4) is 0 Å². The van der Waals surface area contributed by atoms with E-state index in [1.165, 1.54) is 6.07 Å². The van der Waals surface area contributed by atoms with Crippen LogP contribution in [-0.4, -0.2) is 45.2 Å². The summed E-state index contributed by atoms with van der Waals surface area (Å²) in [5, 5.41) is 9.57. The Morgan fingerprint density at radius 2 is 2.25 bits per heavy atom. The molecule has 1 saturated heterocycles. The van der Waals surface area contributed by atoms with Crippen molar-refractivity contribution >= 4 is 5.97 Å². The Morgan fingerprint density at radius 3 is 2.88 bits per heavy atom. The summed E-state index contributed by atoms with van der Waals surface area (Å²) >= 11 is 0. The molecule has 0 saturated carbocycles. The van der Waals surface area contributed by atoms with Crippen LogP contribution in [0, 0.1) is 11.7 Å². The van der Waals surface area contributed by atoms with Gasteiger partial charge in [-0.25, -0.2) is 9.37 Å². The van der Waals surface area contributed by atoms with Gasteiger partial charge in [-0.15, -0.1) is 0 Å². The summed E-state index contributed by atoms with van der Waals surface area (Å²) in [6.07, 6.45) is 3.45. The van der Waals surface area contributed by atoms with Crippen molar-refractivity contribution in [2.45, 2.75) is 18.8 Å². The first-order chi connectivity index (χ1) is 11.5. The lowest BCUT2D eigenvalue weighted by molar-refractivity contribution is -0.141. The molecule has 1 aromatic heterocycles. The molecule has 1 aromatic carbocycles. The van der Waals surface area contributed by atoms with E-state index in [0.29, 0.717) is 19.6 Å². The third-order valence-electron chi connectivity index (χ3n) is 4.90. The monoisotopic (exact) mass is 331 g/mol. The molecule has 5 nitrogen and oxygen atoms in total. The van der Waals surface area contributed by atoms with Gasteiger partial charge < -0.3 is 14.6 Å². The van der Waals surface area contributed by atoms with Gasteiger partial charge in [-0.2, -0.15) is 0 Å². The number of aromatic nitrogens is 2. The summed E-state index contributed by atoms with van der Waals surface area (Å²) in [5.74, 6) is -1.39. The predicted molar refractivity (Wildman–Crippen MR) is 88.3 cm³/mol. The van der Waals surface area contributed by atoms with E-state index in [2.05, 4.69) is 9.88 Å². The molecule has 3 atom stereocenters. The lowest BCUT2D eigenvalue weighted by Gasteiger charge is -2.21. The molecule has 128 valence electrons. The van der Waals surface area contributed by atoms with E-state index >= 15 is 0 Å². The average molecular weight is 331 g/mol. The van der Waals surface area contributed by atoms with E-state index < -0.39 is 11.9 Å². The van der Waals surface area contributed by atoms with Crippen LogP contribution in [0.25, 0.3) is 0 Å². The average Bonchev–Trinajstić information content (AvgIpc) is 3.13. The lowest BCUT2D eigenvalue weighted by Crippen LogP contribution is -2.27. The fourth-order valence-electron chi connectivity index (χ4n) is 3.61. The van der Waals surface area contributed by atoms with Gasteiger partial charge in [-0.05, 0) is 23.6 Å². The highest BCUT2D eigenvalue weighted by atomic mass is 19.1. The second kappa shape index (κ2) is 6.73. The van der Waals surface area contributed by atoms with Crippen molar-refractivity contribution in [2.75, 3.05) is 19.6 Å². The molecule has 1 fully saturated rings. The van der Waals surface area contributed by atoms with E-state index in [-0.39, 0.29) is 17.7 Å². The Kier molecular flexibility index (Phi) is 4.66. The number of rotatable bonds is 5. The largest absolute Gasteiger partial charge is 0.481 e. The number of halogens is 1. The van der Waals surface area contributed by atoms with Gasteiger partial charge in [0.15, 0.2) is 0 Å². The molecule has 1 aliphatic heterocycles. The minimum Gasteiger partial charge on any atom is -0.481 e. The molecule has 0 radical (unpaired) electrons. The van der Waals surface area contributed by atoms with Crippen LogP contribution < -0.4 is 0 Å². The van der Waals surface area contributed by atoms with Gasteiger partial charge in [-0.3, -0.25) is 4.79 Å². The zero-order valence-electron chi connectivity index (χ0n) is 13.9. The molecule has 1 aliphatic rings. The summed E-state index contributed by atoms with van der Waals surface area (Å²) in [4.78, 5) is 17.9. The normalized spacial score (nSPS) is 22.6. The molecule has 0 amide bonds. The second-order valence-electron chi connectivity index (χ2n) is 6.66. The Morgan fingerprint density at radius 1 is 1.46 bits per heavy atom. The zero-order chi connectivity index (χ0) is 17.3. The number of carboxylic acid groups (broad SMARTS) is 1. The summed E-state index contributed by atoms with van der Waals surface area (Å²) in [6, 6.07) is 6.61. The SMILES string of the molecule is CC(CN1C[C@H](C(=O)O)[C@@H](c2cncn2C)C1)c1cccc(F)c1. The summed E-state index contributed by atoms with van der Waals surface area (Å²) in [7, 11) is 1.89. The number of imidazole rings is 1. The van der Waals surface area contributed by atoms with Crippen molar-refractivity contribution in [2.24, 2.45) is 13.0 Å². The Balaban J connectivity index is 1.74. The molecule has 0 spiro atoms. The smallest absolute Gasteiger partial charge is 0.308 e. The quantitative estimate of drug-likeness (QED) is 0.914. The Hall–Kier alpha value is -2.21. The molecular weight excluding hydrogens is 309 g/mol. The lowest BCUT2D eigenvalue weighted by atomic mass is 9.93. The molecular formula is C18H22FN3O2. The first kappa shape index (κ1) is 16.6. The van der Waals surface area contributed by atoms with Crippen molar-refractivity contribution in [1.82, 2.24) is 14.5 Å². The van der Waals surface area contributed by atoms with Crippen LogP contribution in [0.5, 0.6) is 0 Å². The van der Waals surface area contributed by atoms with Crippen LogP contribution in [-0.2, 0) is 11.8 Å². The third kappa shape index (κ3) is 3.33. The van der Waals surface area contributed by atoms with Crippen molar-refractivity contribution in [1.29, 1.82) is 0 Å². The fraction of sp³-hybridized carbons (Fsp3) is 0.444. The molecule has 0 bridgehead atoms. The topological polar surface area (TPSA) is 58.4 Å². The Bertz CT molecular complexity index is 731. The number of aliphatic carboxylic acids is 1. The number of carboxylic acids is 1. The molecule has 2 aromatic rings. The maximum absolute atomic E-state index is 13.4. The van der Waals surface area contributed by atoms with E-state index in [1.54, 1.807) is 24.7 Å². The maximum Gasteiger partial charge on any atom is 0.308 e. The zero-order valence-corrected chi connectivity index (χ0v) is 13.9. The van der Waals surface area contributed by atoms with Crippen LogP contribution in [0.1, 0.15) is 30.0 Å². The van der Waals surface area contributed by atoms with E-state index in [1.807, 2.05) is 24.6 Å². The minimum atomic E-state index is -0.776. The number of hydrogen-bond donors (Lipinski definition) is 1. The number of aryl methyl sites for hydroxylation is 1. The van der Waals surface area contributed by atoms with Gasteiger partial charge in [0.1, 0.15) is 5.82 Å². The van der Waals surface area contributed by atoms with Crippen LogP contribution in [0.4, 0.5) is 4.39 Å². The van der Waals surface area contributed by atoms with Crippen LogP contribution in [0.2, 0.25) is 0 Å². The van der Waals surface area contributed by atoms with Gasteiger partial charge in [0.2, 0.25) is 0 Å². The van der Waals surface area contributed by atoms with Crippen LogP contribution >= 0.6 is 0 Å². The van der Waals surface area contributed by atoms with Crippen molar-refractivity contribution in [3.8, 4) is 0 Å². The predicted octanol–water partition coefficient (Wildman–Crippen LogP) is 2.46. The van der Waals surface area contributed by atoms with E-state index in [4.69, 9.17) is 0 Å². The highest BCUT2D eigenvalue weighted by molar-refractivity contribution is 5.72. The molecule has 3 rings (SSSR count).